The van der Waals surface area contributed by atoms with Gasteiger partial charge in [-0.15, -0.1) is 0 Å². The number of amides is 1. The number of carbonyl (C=O) groups is 1. The van der Waals surface area contributed by atoms with Crippen LogP contribution in [0.5, 0.6) is 0 Å². The predicted molar refractivity (Wildman–Crippen MR) is 73.6 cm³/mol. The van der Waals surface area contributed by atoms with Crippen molar-refractivity contribution in [3.63, 3.8) is 0 Å². The topological polar surface area (TPSA) is 29.1 Å². The second kappa shape index (κ2) is 6.14. The van der Waals surface area contributed by atoms with E-state index in [0.717, 1.165) is 5.56 Å². The molecule has 98 valence electrons. The van der Waals surface area contributed by atoms with Gasteiger partial charge >= 0.3 is 0 Å². The lowest BCUT2D eigenvalue weighted by Gasteiger charge is -2.13. The zero-order valence-corrected chi connectivity index (χ0v) is 10.8. The minimum Gasteiger partial charge on any atom is -0.351 e. The number of rotatable bonds is 4. The molecule has 0 unspecified atom stereocenters. The van der Waals surface area contributed by atoms with Crippen LogP contribution in [0.1, 0.15) is 28.8 Å². The van der Waals surface area contributed by atoms with Crippen LogP contribution in [0.2, 0.25) is 0 Å². The van der Waals surface area contributed by atoms with Gasteiger partial charge in [-0.25, -0.2) is 4.39 Å². The van der Waals surface area contributed by atoms with Gasteiger partial charge in [0.25, 0.3) is 5.91 Å². The fraction of sp³-hybridized carbons (Fsp3) is 0.188. The van der Waals surface area contributed by atoms with Crippen LogP contribution in [0.15, 0.2) is 54.6 Å². The summed E-state index contributed by atoms with van der Waals surface area (Å²) in [6.45, 7) is 2.51. The van der Waals surface area contributed by atoms with Gasteiger partial charge in [0.15, 0.2) is 0 Å². The normalized spacial score (nSPS) is 11.9. The van der Waals surface area contributed by atoms with Crippen molar-refractivity contribution in [2.75, 3.05) is 6.54 Å². The van der Waals surface area contributed by atoms with Crippen LogP contribution in [-0.2, 0) is 0 Å². The molecule has 2 rings (SSSR count). The number of nitrogens with one attached hydrogen (secondary N) is 1. The highest BCUT2D eigenvalue weighted by atomic mass is 19.1. The molecule has 2 aromatic carbocycles. The maximum atomic E-state index is 13.4. The van der Waals surface area contributed by atoms with Crippen molar-refractivity contribution >= 4 is 5.91 Å². The van der Waals surface area contributed by atoms with Crippen molar-refractivity contribution < 1.29 is 9.18 Å². The molecule has 1 amide bonds. The van der Waals surface area contributed by atoms with E-state index in [9.17, 15) is 9.18 Å². The molecule has 0 aliphatic rings. The summed E-state index contributed by atoms with van der Waals surface area (Å²) >= 11 is 0. The van der Waals surface area contributed by atoms with Gasteiger partial charge in [0.1, 0.15) is 5.82 Å². The summed E-state index contributed by atoms with van der Waals surface area (Å²) in [7, 11) is 0. The monoisotopic (exact) mass is 257 g/mol. The zero-order valence-electron chi connectivity index (χ0n) is 10.8. The first-order chi connectivity index (χ1) is 9.18. The molecular weight excluding hydrogens is 241 g/mol. The molecule has 0 bridgehead atoms. The third kappa shape index (κ3) is 3.41. The molecule has 0 aliphatic carbocycles. The zero-order chi connectivity index (χ0) is 13.7. The molecule has 0 saturated heterocycles. The molecule has 1 atom stereocenters. The highest BCUT2D eigenvalue weighted by molar-refractivity contribution is 5.94. The molecule has 2 aromatic rings. The molecule has 0 heterocycles. The van der Waals surface area contributed by atoms with Gasteiger partial charge < -0.3 is 5.32 Å². The Morgan fingerprint density at radius 3 is 2.42 bits per heavy atom. The van der Waals surface area contributed by atoms with E-state index >= 15 is 0 Å². The van der Waals surface area contributed by atoms with E-state index in [1.165, 1.54) is 12.1 Å². The van der Waals surface area contributed by atoms with E-state index in [-0.39, 0.29) is 17.4 Å². The standard InChI is InChI=1S/C16H16FNO/c1-12(13-7-3-2-4-8-13)11-18-16(19)14-9-5-6-10-15(14)17/h2-10,12H,11H2,1H3,(H,18,19)/t12-/m1/s1. The number of benzene rings is 2. The van der Waals surface area contributed by atoms with Crippen LogP contribution in [0.4, 0.5) is 4.39 Å². The highest BCUT2D eigenvalue weighted by Gasteiger charge is 2.12. The minimum atomic E-state index is -0.493. The van der Waals surface area contributed by atoms with Crippen molar-refractivity contribution in [3.8, 4) is 0 Å². The quantitative estimate of drug-likeness (QED) is 0.894. The van der Waals surface area contributed by atoms with Crippen molar-refractivity contribution in [1.82, 2.24) is 5.32 Å². The smallest absolute Gasteiger partial charge is 0.254 e. The Bertz CT molecular complexity index is 554. The van der Waals surface area contributed by atoms with Crippen molar-refractivity contribution in [2.24, 2.45) is 0 Å². The second-order valence-corrected chi connectivity index (χ2v) is 4.50. The Hall–Kier alpha value is -2.16. The molecule has 0 radical (unpaired) electrons. The summed E-state index contributed by atoms with van der Waals surface area (Å²) in [5.74, 6) is -0.676. The van der Waals surface area contributed by atoms with E-state index in [0.29, 0.717) is 6.54 Å². The Kier molecular flexibility index (Phi) is 4.29. The Morgan fingerprint density at radius 2 is 1.74 bits per heavy atom. The lowest BCUT2D eigenvalue weighted by Crippen LogP contribution is -2.28. The van der Waals surface area contributed by atoms with E-state index in [1.807, 2.05) is 37.3 Å². The highest BCUT2D eigenvalue weighted by Crippen LogP contribution is 2.13. The van der Waals surface area contributed by atoms with Crippen LogP contribution >= 0.6 is 0 Å². The van der Waals surface area contributed by atoms with Gasteiger partial charge in [-0.05, 0) is 23.6 Å². The molecule has 0 fully saturated rings. The van der Waals surface area contributed by atoms with E-state index in [1.54, 1.807) is 12.1 Å². The van der Waals surface area contributed by atoms with Crippen LogP contribution in [0.25, 0.3) is 0 Å². The fourth-order valence-electron chi connectivity index (χ4n) is 1.89. The number of carbonyl (C=O) groups excluding carboxylic acids is 1. The lowest BCUT2D eigenvalue weighted by molar-refractivity contribution is 0.0947. The third-order valence-electron chi connectivity index (χ3n) is 3.06. The van der Waals surface area contributed by atoms with Crippen LogP contribution in [0, 0.1) is 5.82 Å². The Labute approximate surface area is 112 Å². The number of halogens is 1. The first kappa shape index (κ1) is 13.3. The number of hydrogen-bond acceptors (Lipinski definition) is 1. The summed E-state index contributed by atoms with van der Waals surface area (Å²) in [5.41, 5.74) is 1.24. The summed E-state index contributed by atoms with van der Waals surface area (Å²) in [6.07, 6.45) is 0. The maximum Gasteiger partial charge on any atom is 0.254 e. The largest absolute Gasteiger partial charge is 0.351 e. The van der Waals surface area contributed by atoms with Crippen LogP contribution in [-0.4, -0.2) is 12.5 Å². The summed E-state index contributed by atoms with van der Waals surface area (Å²) in [4.78, 5) is 11.9. The average Bonchev–Trinajstić information content (AvgIpc) is 2.46. The predicted octanol–water partition coefficient (Wildman–Crippen LogP) is 3.36. The molecule has 19 heavy (non-hydrogen) atoms. The van der Waals surface area contributed by atoms with Gasteiger partial charge in [0.2, 0.25) is 0 Å². The molecule has 0 saturated carbocycles. The Balaban J connectivity index is 1.96. The van der Waals surface area contributed by atoms with E-state index in [4.69, 9.17) is 0 Å². The summed E-state index contributed by atoms with van der Waals surface area (Å²) in [6, 6.07) is 15.9. The first-order valence-corrected chi connectivity index (χ1v) is 6.26. The molecule has 0 aromatic heterocycles. The van der Waals surface area contributed by atoms with Crippen molar-refractivity contribution in [3.05, 3.63) is 71.5 Å². The van der Waals surface area contributed by atoms with Gasteiger partial charge in [0.05, 0.1) is 5.56 Å². The van der Waals surface area contributed by atoms with E-state index in [2.05, 4.69) is 5.32 Å². The van der Waals surface area contributed by atoms with Crippen LogP contribution < -0.4 is 5.32 Å². The summed E-state index contributed by atoms with van der Waals surface area (Å²) in [5, 5.41) is 2.76. The van der Waals surface area contributed by atoms with Crippen LogP contribution in [0.3, 0.4) is 0 Å². The molecule has 0 spiro atoms. The SMILES string of the molecule is C[C@H](CNC(=O)c1ccccc1F)c1ccccc1. The number of hydrogen-bond donors (Lipinski definition) is 1. The molecule has 1 N–H and O–H groups in total. The molecule has 0 aliphatic heterocycles. The molecular formula is C16H16FNO. The Morgan fingerprint density at radius 1 is 1.11 bits per heavy atom. The van der Waals surface area contributed by atoms with E-state index < -0.39 is 5.82 Å². The summed E-state index contributed by atoms with van der Waals surface area (Å²) < 4.78 is 13.4. The lowest BCUT2D eigenvalue weighted by atomic mass is 10.0. The first-order valence-electron chi connectivity index (χ1n) is 6.26. The van der Waals surface area contributed by atoms with Gasteiger partial charge in [0, 0.05) is 6.54 Å². The van der Waals surface area contributed by atoms with Gasteiger partial charge in [-0.1, -0.05) is 49.4 Å². The molecule has 2 nitrogen and oxygen atoms in total. The van der Waals surface area contributed by atoms with Gasteiger partial charge in [-0.2, -0.15) is 0 Å². The van der Waals surface area contributed by atoms with Gasteiger partial charge in [-0.3, -0.25) is 4.79 Å². The molecule has 3 heteroatoms. The third-order valence-corrected chi connectivity index (χ3v) is 3.06. The van der Waals surface area contributed by atoms with Crippen molar-refractivity contribution in [2.45, 2.75) is 12.8 Å². The minimum absolute atomic E-state index is 0.0859. The second-order valence-electron chi connectivity index (χ2n) is 4.50. The van der Waals surface area contributed by atoms with Crippen molar-refractivity contribution in [1.29, 1.82) is 0 Å². The average molecular weight is 257 g/mol. The maximum absolute atomic E-state index is 13.4. The fourth-order valence-corrected chi connectivity index (χ4v) is 1.89.